The fourth-order valence-corrected chi connectivity index (χ4v) is 3.34. The average molecular weight is 400 g/mol. The van der Waals surface area contributed by atoms with Gasteiger partial charge in [0.2, 0.25) is 0 Å². The number of halogens is 4. The van der Waals surface area contributed by atoms with E-state index >= 15 is 0 Å². The van der Waals surface area contributed by atoms with Crippen molar-refractivity contribution in [2.75, 3.05) is 19.6 Å². The third-order valence-corrected chi connectivity index (χ3v) is 4.71. The second-order valence-electron chi connectivity index (χ2n) is 6.63. The highest BCUT2D eigenvalue weighted by Gasteiger charge is 2.34. The van der Waals surface area contributed by atoms with Crippen molar-refractivity contribution in [2.45, 2.75) is 31.5 Å². The molecule has 1 saturated heterocycles. The third kappa shape index (κ3) is 4.61. The Kier molecular flexibility index (Phi) is 5.87. The molecule has 0 atom stereocenters. The minimum atomic E-state index is -4.80. The van der Waals surface area contributed by atoms with Gasteiger partial charge >= 0.3 is 12.3 Å². The van der Waals surface area contributed by atoms with Crippen molar-refractivity contribution in [3.63, 3.8) is 0 Å². The Morgan fingerprint density at radius 3 is 2.68 bits per heavy atom. The lowest BCUT2D eigenvalue weighted by molar-refractivity contribution is -0.139. The number of nitrogens with zero attached hydrogens (tertiary/aromatic N) is 2. The maximum atomic E-state index is 13.6. The van der Waals surface area contributed by atoms with Crippen LogP contribution < -0.4 is 10.6 Å². The molecule has 0 radical (unpaired) electrons. The molecule has 1 amide bonds. The Hall–Kier alpha value is -2.62. The minimum absolute atomic E-state index is 0.113. The molecule has 0 unspecified atom stereocenters. The van der Waals surface area contributed by atoms with Gasteiger partial charge in [-0.1, -0.05) is 0 Å². The van der Waals surface area contributed by atoms with Crippen LogP contribution in [-0.2, 0) is 12.7 Å². The molecular formula is C18H20F4N4O2. The van der Waals surface area contributed by atoms with Crippen LogP contribution in [0.3, 0.4) is 0 Å². The normalized spacial score (nSPS) is 15.6. The zero-order valence-corrected chi connectivity index (χ0v) is 14.9. The van der Waals surface area contributed by atoms with Crippen LogP contribution in [0.2, 0.25) is 0 Å². The first-order chi connectivity index (χ1) is 13.3. The van der Waals surface area contributed by atoms with Gasteiger partial charge in [0.25, 0.3) is 0 Å². The van der Waals surface area contributed by atoms with Gasteiger partial charge in [0.15, 0.2) is 0 Å². The summed E-state index contributed by atoms with van der Waals surface area (Å²) in [4.78, 5) is 15.2. The first-order valence-corrected chi connectivity index (χ1v) is 8.87. The quantitative estimate of drug-likeness (QED) is 0.672. The monoisotopic (exact) mass is 400 g/mol. The predicted octanol–water partition coefficient (Wildman–Crippen LogP) is 3.44. The molecule has 0 aliphatic carbocycles. The summed E-state index contributed by atoms with van der Waals surface area (Å²) in [6, 6.07) is 2.80. The van der Waals surface area contributed by atoms with Crippen LogP contribution in [0.5, 0.6) is 0 Å². The van der Waals surface area contributed by atoms with Gasteiger partial charge in [-0.3, -0.25) is 0 Å². The topological polar surface area (TPSA) is 79.2 Å². The molecule has 0 bridgehead atoms. The highest BCUT2D eigenvalue weighted by molar-refractivity contribution is 5.64. The number of alkyl halides is 3. The molecule has 10 heteroatoms. The lowest BCUT2D eigenvalue weighted by atomic mass is 9.97. The molecule has 1 aromatic heterocycles. The smallest absolute Gasteiger partial charge is 0.419 e. The van der Waals surface area contributed by atoms with Crippen molar-refractivity contribution in [1.82, 2.24) is 20.2 Å². The van der Waals surface area contributed by atoms with Crippen LogP contribution in [0.25, 0.3) is 11.3 Å². The van der Waals surface area contributed by atoms with Gasteiger partial charge in [-0.15, -0.1) is 0 Å². The second-order valence-corrected chi connectivity index (χ2v) is 6.63. The van der Waals surface area contributed by atoms with E-state index in [0.29, 0.717) is 18.1 Å². The maximum absolute atomic E-state index is 13.6. The van der Waals surface area contributed by atoms with Gasteiger partial charge in [0.05, 0.1) is 11.3 Å². The molecule has 1 aliphatic heterocycles. The van der Waals surface area contributed by atoms with Gasteiger partial charge in [-0.25, -0.2) is 14.2 Å². The number of carbonyl (C=O) groups is 1. The van der Waals surface area contributed by atoms with E-state index in [1.807, 2.05) is 0 Å². The number of carboxylic acid groups (broad SMARTS) is 1. The first-order valence-electron chi connectivity index (χ1n) is 8.87. The second kappa shape index (κ2) is 8.17. The van der Waals surface area contributed by atoms with Gasteiger partial charge in [-0.05, 0) is 44.1 Å². The van der Waals surface area contributed by atoms with Gasteiger partial charge in [-0.2, -0.15) is 13.2 Å². The summed E-state index contributed by atoms with van der Waals surface area (Å²) in [6.07, 6.45) is -2.72. The highest BCUT2D eigenvalue weighted by Crippen LogP contribution is 2.35. The van der Waals surface area contributed by atoms with Crippen molar-refractivity contribution in [3.8, 4) is 11.3 Å². The predicted molar refractivity (Wildman–Crippen MR) is 93.5 cm³/mol. The summed E-state index contributed by atoms with van der Waals surface area (Å²) in [5, 5.41) is 14.2. The van der Waals surface area contributed by atoms with Crippen LogP contribution in [-0.4, -0.2) is 40.4 Å². The Bertz CT molecular complexity index is 845. The fraction of sp³-hybridized carbons (Fsp3) is 0.444. The van der Waals surface area contributed by atoms with E-state index in [1.54, 1.807) is 10.8 Å². The van der Waals surface area contributed by atoms with Crippen LogP contribution >= 0.6 is 0 Å². The lowest BCUT2D eigenvalue weighted by Crippen LogP contribution is -2.29. The molecule has 6 nitrogen and oxygen atoms in total. The van der Waals surface area contributed by atoms with Crippen molar-refractivity contribution >= 4 is 6.09 Å². The summed E-state index contributed by atoms with van der Waals surface area (Å²) in [6.45, 7) is 2.04. The number of hydrogen-bond donors (Lipinski definition) is 3. The molecule has 3 rings (SSSR count). The third-order valence-electron chi connectivity index (χ3n) is 4.71. The standard InChI is InChI=1S/C18H20F4N4O2/c19-14-2-1-12(9-13(14)18(20,21)22)15-10-26(8-7-24-17(27)28)16(25-15)11-3-5-23-6-4-11/h1-2,9-11,23-24H,3-8H2,(H,27,28). The molecule has 1 aromatic carbocycles. The zero-order valence-electron chi connectivity index (χ0n) is 14.9. The van der Waals surface area contributed by atoms with E-state index in [2.05, 4.69) is 15.6 Å². The van der Waals surface area contributed by atoms with Crippen molar-refractivity contribution in [2.24, 2.45) is 0 Å². The van der Waals surface area contributed by atoms with E-state index < -0.39 is 23.7 Å². The Morgan fingerprint density at radius 2 is 2.04 bits per heavy atom. The van der Waals surface area contributed by atoms with E-state index in [1.165, 1.54) is 6.07 Å². The van der Waals surface area contributed by atoms with Crippen molar-refractivity contribution in [1.29, 1.82) is 0 Å². The Morgan fingerprint density at radius 1 is 1.32 bits per heavy atom. The Balaban J connectivity index is 1.95. The number of rotatable bonds is 5. The summed E-state index contributed by atoms with van der Waals surface area (Å²) >= 11 is 0. The van der Waals surface area contributed by atoms with E-state index in [9.17, 15) is 22.4 Å². The number of amides is 1. The van der Waals surface area contributed by atoms with E-state index in [0.717, 1.165) is 38.1 Å². The molecule has 1 aliphatic rings. The molecule has 152 valence electrons. The van der Waals surface area contributed by atoms with Gasteiger partial charge in [0.1, 0.15) is 11.6 Å². The minimum Gasteiger partial charge on any atom is -0.465 e. The van der Waals surface area contributed by atoms with Crippen LogP contribution in [0.1, 0.15) is 30.1 Å². The first kappa shape index (κ1) is 20.1. The average Bonchev–Trinajstić information content (AvgIpc) is 3.06. The van der Waals surface area contributed by atoms with Crippen LogP contribution in [0.15, 0.2) is 24.4 Å². The summed E-state index contributed by atoms with van der Waals surface area (Å²) in [5.41, 5.74) is -0.876. The number of hydrogen-bond acceptors (Lipinski definition) is 3. The molecule has 1 fully saturated rings. The number of nitrogens with one attached hydrogen (secondary N) is 2. The van der Waals surface area contributed by atoms with Gasteiger partial charge in [0, 0.05) is 30.8 Å². The van der Waals surface area contributed by atoms with Crippen LogP contribution in [0.4, 0.5) is 22.4 Å². The van der Waals surface area contributed by atoms with E-state index in [-0.39, 0.29) is 18.0 Å². The van der Waals surface area contributed by atoms with Crippen molar-refractivity contribution < 1.29 is 27.5 Å². The SMILES string of the molecule is O=C(O)NCCn1cc(-c2ccc(F)c(C(F)(F)F)c2)nc1C1CCNCC1. The summed E-state index contributed by atoms with van der Waals surface area (Å²) in [5.74, 6) is -0.524. The largest absolute Gasteiger partial charge is 0.465 e. The van der Waals surface area contributed by atoms with Crippen LogP contribution in [0, 0.1) is 5.82 Å². The molecule has 2 heterocycles. The number of imidazole rings is 1. The summed E-state index contributed by atoms with van der Waals surface area (Å²) < 4.78 is 54.4. The highest BCUT2D eigenvalue weighted by atomic mass is 19.4. The molecule has 0 spiro atoms. The molecule has 0 saturated carbocycles. The summed E-state index contributed by atoms with van der Waals surface area (Å²) in [7, 11) is 0. The Labute approximate surface area is 158 Å². The molecular weight excluding hydrogens is 380 g/mol. The molecule has 2 aromatic rings. The molecule has 28 heavy (non-hydrogen) atoms. The number of benzene rings is 1. The number of piperidine rings is 1. The van der Waals surface area contributed by atoms with Crippen molar-refractivity contribution in [3.05, 3.63) is 41.6 Å². The van der Waals surface area contributed by atoms with E-state index in [4.69, 9.17) is 5.11 Å². The maximum Gasteiger partial charge on any atom is 0.419 e. The molecule has 3 N–H and O–H groups in total. The lowest BCUT2D eigenvalue weighted by Gasteiger charge is -2.23. The zero-order chi connectivity index (χ0) is 20.3. The van der Waals surface area contributed by atoms with Gasteiger partial charge < -0.3 is 20.3 Å². The number of aromatic nitrogens is 2. The fourth-order valence-electron chi connectivity index (χ4n) is 3.34.